The predicted octanol–water partition coefficient (Wildman–Crippen LogP) is 4.50. The fourth-order valence-corrected chi connectivity index (χ4v) is 8.07. The molecule has 1 aliphatic heterocycles. The lowest BCUT2D eigenvalue weighted by molar-refractivity contribution is -0.133. The number of carbonyl (C=O) groups excluding carboxylic acids is 2. The molecule has 2 aromatic carbocycles. The maximum absolute atomic E-state index is 15.5. The van der Waals surface area contributed by atoms with Crippen molar-refractivity contribution >= 4 is 21.8 Å². The lowest BCUT2D eigenvalue weighted by Crippen LogP contribution is -2.49. The van der Waals surface area contributed by atoms with Gasteiger partial charge in [-0.05, 0) is 87.1 Å². The zero-order valence-electron chi connectivity index (χ0n) is 25.0. The maximum atomic E-state index is 15.5. The Hall–Kier alpha value is -2.98. The van der Waals surface area contributed by atoms with Crippen LogP contribution < -0.4 is 20.1 Å². The van der Waals surface area contributed by atoms with Gasteiger partial charge in [-0.1, -0.05) is 37.3 Å². The third-order valence-electron chi connectivity index (χ3n) is 10.0. The van der Waals surface area contributed by atoms with Crippen molar-refractivity contribution in [3.8, 4) is 16.9 Å². The second kappa shape index (κ2) is 11.2. The van der Waals surface area contributed by atoms with E-state index in [1.807, 2.05) is 30.3 Å². The minimum Gasteiger partial charge on any atom is -0.490 e. The van der Waals surface area contributed by atoms with E-state index in [1.54, 1.807) is 13.0 Å². The van der Waals surface area contributed by atoms with Crippen LogP contribution in [0.3, 0.4) is 0 Å². The number of ether oxygens (including phenoxy) is 1. The van der Waals surface area contributed by atoms with E-state index in [0.29, 0.717) is 37.0 Å². The third-order valence-corrected chi connectivity index (χ3v) is 12.2. The van der Waals surface area contributed by atoms with Gasteiger partial charge >= 0.3 is 0 Å². The van der Waals surface area contributed by atoms with Gasteiger partial charge < -0.3 is 15.4 Å². The Bertz CT molecular complexity index is 1520. The van der Waals surface area contributed by atoms with Crippen LogP contribution >= 0.6 is 0 Å². The monoisotopic (exact) mass is 611 g/mol. The van der Waals surface area contributed by atoms with Gasteiger partial charge in [0.2, 0.25) is 21.6 Å². The first-order valence-corrected chi connectivity index (χ1v) is 17.1. The topological polar surface area (TPSA) is 114 Å². The van der Waals surface area contributed by atoms with Crippen LogP contribution in [0.1, 0.15) is 82.8 Å². The normalized spacial score (nSPS) is 27.0. The quantitative estimate of drug-likeness (QED) is 0.365. The largest absolute Gasteiger partial charge is 0.490 e. The fourth-order valence-electron chi connectivity index (χ4n) is 6.81. The average molecular weight is 612 g/mol. The average Bonchev–Trinajstić information content (AvgIpc) is 3.39. The molecule has 3 aliphatic carbocycles. The molecule has 1 heterocycles. The molecule has 10 heteroatoms. The molecular formula is C33H42FN3O5S. The summed E-state index contributed by atoms with van der Waals surface area (Å²) in [4.78, 5) is 25.7. The molecule has 43 heavy (non-hydrogen) atoms. The number of carbonyl (C=O) groups is 2. The lowest BCUT2D eigenvalue weighted by atomic mass is 9.74. The van der Waals surface area contributed by atoms with E-state index in [1.165, 1.54) is 0 Å². The number of alkyl halides is 1. The molecule has 4 fully saturated rings. The number of hydrogen-bond donors (Lipinski definition) is 3. The third kappa shape index (κ3) is 6.05. The van der Waals surface area contributed by atoms with Crippen LogP contribution in [-0.4, -0.2) is 54.9 Å². The van der Waals surface area contributed by atoms with Crippen LogP contribution in [0.5, 0.6) is 5.75 Å². The lowest BCUT2D eigenvalue weighted by Gasteiger charge is -2.38. The molecule has 1 saturated heterocycles. The summed E-state index contributed by atoms with van der Waals surface area (Å²) >= 11 is 0. The highest BCUT2D eigenvalue weighted by atomic mass is 32.2. The summed E-state index contributed by atoms with van der Waals surface area (Å²) in [6.45, 7) is 3.80. The van der Waals surface area contributed by atoms with Crippen LogP contribution in [0, 0.1) is 0 Å². The molecule has 4 aliphatic rings. The van der Waals surface area contributed by atoms with Gasteiger partial charge in [0.05, 0.1) is 11.2 Å². The van der Waals surface area contributed by atoms with Crippen molar-refractivity contribution < 1.29 is 27.1 Å². The fraction of sp³-hybridized carbons (Fsp3) is 0.576. The Labute approximate surface area is 253 Å². The van der Waals surface area contributed by atoms with Gasteiger partial charge in [0, 0.05) is 36.5 Å². The van der Waals surface area contributed by atoms with Crippen molar-refractivity contribution in [3.05, 3.63) is 53.6 Å². The number of nitrogens with one attached hydrogen (secondary N) is 3. The summed E-state index contributed by atoms with van der Waals surface area (Å²) in [6, 6.07) is 13.4. The molecule has 0 radical (unpaired) electrons. The summed E-state index contributed by atoms with van der Waals surface area (Å²) in [7, 11) is -3.71. The molecule has 0 aromatic heterocycles. The first-order valence-electron chi connectivity index (χ1n) is 15.6. The minimum atomic E-state index is -3.71. The predicted molar refractivity (Wildman–Crippen MR) is 163 cm³/mol. The maximum Gasteiger partial charge on any atom is 0.259 e. The van der Waals surface area contributed by atoms with Gasteiger partial charge in [-0.15, -0.1) is 0 Å². The Morgan fingerprint density at radius 3 is 2.51 bits per heavy atom. The van der Waals surface area contributed by atoms with E-state index in [2.05, 4.69) is 28.3 Å². The number of hydrogen-bond acceptors (Lipinski definition) is 6. The zero-order chi connectivity index (χ0) is 30.5. The first-order chi connectivity index (χ1) is 20.4. The molecule has 2 amide bonds. The van der Waals surface area contributed by atoms with Crippen molar-refractivity contribution in [2.45, 2.75) is 113 Å². The van der Waals surface area contributed by atoms with Crippen LogP contribution in [0.2, 0.25) is 0 Å². The van der Waals surface area contributed by atoms with Crippen molar-refractivity contribution in [3.63, 3.8) is 0 Å². The molecule has 232 valence electrons. The summed E-state index contributed by atoms with van der Waals surface area (Å²) in [5.74, 6) is -0.418. The number of sulfonamides is 1. The van der Waals surface area contributed by atoms with Gasteiger partial charge in [-0.2, -0.15) is 0 Å². The molecule has 8 nitrogen and oxygen atoms in total. The molecular weight excluding hydrogens is 569 g/mol. The van der Waals surface area contributed by atoms with Crippen LogP contribution in [-0.2, 0) is 32.5 Å². The van der Waals surface area contributed by atoms with E-state index in [-0.39, 0.29) is 37.1 Å². The smallest absolute Gasteiger partial charge is 0.259 e. The molecule has 0 unspecified atom stereocenters. The first kappa shape index (κ1) is 30.1. The van der Waals surface area contributed by atoms with Gasteiger partial charge in [-0.3, -0.25) is 14.3 Å². The second-order valence-electron chi connectivity index (χ2n) is 13.3. The Morgan fingerprint density at radius 1 is 1.07 bits per heavy atom. The number of rotatable bonds is 10. The van der Waals surface area contributed by atoms with E-state index in [9.17, 15) is 18.0 Å². The number of aryl methyl sites for hydroxylation is 1. The van der Waals surface area contributed by atoms with Crippen molar-refractivity contribution in [2.75, 3.05) is 6.54 Å². The number of halogens is 1. The van der Waals surface area contributed by atoms with Crippen LogP contribution in [0.15, 0.2) is 42.5 Å². The molecule has 3 saturated carbocycles. The minimum absolute atomic E-state index is 0.0707. The van der Waals surface area contributed by atoms with Gasteiger partial charge in [0.25, 0.3) is 5.91 Å². The summed E-state index contributed by atoms with van der Waals surface area (Å²) in [5, 5.41) is 6.22. The van der Waals surface area contributed by atoms with E-state index in [0.717, 1.165) is 48.8 Å². The van der Waals surface area contributed by atoms with E-state index in [4.69, 9.17) is 4.74 Å². The zero-order valence-corrected chi connectivity index (χ0v) is 25.8. The van der Waals surface area contributed by atoms with Crippen molar-refractivity contribution in [1.82, 2.24) is 15.4 Å². The molecule has 3 N–H and O–H groups in total. The summed E-state index contributed by atoms with van der Waals surface area (Å²) in [5.41, 5.74) is 1.56. The number of amides is 2. The summed E-state index contributed by atoms with van der Waals surface area (Å²) < 4.78 is 48.6. The Balaban J connectivity index is 1.15. The SMILES string of the molecule is CCc1ccccc1-c1cc(CC(=O)NS(=O)(=O)C2(C)CC2)ccc1O[C@@H]1CC[C@@H](NC(=O)[C@@]2(F)CNC3(CCC3)C2)C1. The van der Waals surface area contributed by atoms with Crippen molar-refractivity contribution in [1.29, 1.82) is 0 Å². The highest BCUT2D eigenvalue weighted by Crippen LogP contribution is 2.45. The molecule has 1 spiro atoms. The van der Waals surface area contributed by atoms with Crippen molar-refractivity contribution in [2.24, 2.45) is 0 Å². The second-order valence-corrected chi connectivity index (χ2v) is 15.5. The highest BCUT2D eigenvalue weighted by Gasteiger charge is 2.55. The summed E-state index contributed by atoms with van der Waals surface area (Å²) in [6.07, 6.45) is 6.86. The molecule has 3 atom stereocenters. The van der Waals surface area contributed by atoms with Gasteiger partial charge in [-0.25, -0.2) is 12.8 Å². The highest BCUT2D eigenvalue weighted by molar-refractivity contribution is 7.91. The van der Waals surface area contributed by atoms with Crippen LogP contribution in [0.4, 0.5) is 4.39 Å². The van der Waals surface area contributed by atoms with E-state index >= 15 is 4.39 Å². The van der Waals surface area contributed by atoms with Gasteiger partial charge in [0.15, 0.2) is 0 Å². The van der Waals surface area contributed by atoms with E-state index < -0.39 is 32.3 Å². The Kier molecular flexibility index (Phi) is 7.82. The standard InChI is InChI=1S/C33H42FN3O5S/c1-3-23-7-4-5-8-26(23)27-17-22(18-29(38)37-43(40,41)31(2)15-16-31)9-12-28(27)42-25-11-10-24(19-25)36-30(39)33(34)20-32(35-21-33)13-6-14-32/h4-5,7-9,12,17,24-25,35H,3,6,10-11,13-16,18-21H2,1-2H3,(H,36,39)(H,37,38)/t24-,25-,33+/m1/s1. The molecule has 6 rings (SSSR count). The Morgan fingerprint density at radius 2 is 1.84 bits per heavy atom. The molecule has 2 aromatic rings. The van der Waals surface area contributed by atoms with Gasteiger partial charge in [0.1, 0.15) is 11.9 Å². The number of benzene rings is 2. The molecule has 0 bridgehead atoms. The van der Waals surface area contributed by atoms with Crippen LogP contribution in [0.25, 0.3) is 11.1 Å².